The van der Waals surface area contributed by atoms with Crippen LogP contribution in [0.3, 0.4) is 0 Å². The maximum Gasteiger partial charge on any atom is 0.285 e. The topological polar surface area (TPSA) is 27.7 Å². The molecule has 0 amide bonds. The first-order chi connectivity index (χ1) is 12.8. The average molecular weight is 387 g/mol. The lowest BCUT2D eigenvalue weighted by atomic mass is 9.94. The quantitative estimate of drug-likeness (QED) is 0.181. The van der Waals surface area contributed by atoms with Gasteiger partial charge in [0.15, 0.2) is 0 Å². The minimum atomic E-state index is -0.892. The summed E-state index contributed by atoms with van der Waals surface area (Å²) in [5.74, 6) is 0.764. The van der Waals surface area contributed by atoms with Crippen molar-refractivity contribution in [2.45, 2.75) is 113 Å². The molecule has 3 heteroatoms. The van der Waals surface area contributed by atoms with Gasteiger partial charge in [-0.05, 0) is 30.6 Å². The summed E-state index contributed by atoms with van der Waals surface area (Å²) < 4.78 is 19.2. The van der Waals surface area contributed by atoms with Crippen molar-refractivity contribution in [2.75, 3.05) is 19.8 Å². The summed E-state index contributed by atoms with van der Waals surface area (Å²) in [6.45, 7) is 19.6. The molecule has 3 nitrogen and oxygen atoms in total. The predicted molar refractivity (Wildman–Crippen MR) is 117 cm³/mol. The minimum absolute atomic E-state index is 0.278. The SMILES string of the molecule is CCCCCCCCC(CC)C(OCC(C)C)(OCC(C)C)OCC(C)C. The number of unbranched alkanes of at least 4 members (excludes halogenated alkanes) is 5. The van der Waals surface area contributed by atoms with Gasteiger partial charge in [0, 0.05) is 5.92 Å². The highest BCUT2D eigenvalue weighted by Gasteiger charge is 2.42. The number of hydrogen-bond acceptors (Lipinski definition) is 3. The Bertz CT molecular complexity index is 294. The van der Waals surface area contributed by atoms with Gasteiger partial charge in [-0.15, -0.1) is 0 Å². The molecule has 1 unspecified atom stereocenters. The van der Waals surface area contributed by atoms with Crippen LogP contribution >= 0.6 is 0 Å². The van der Waals surface area contributed by atoms with E-state index in [1.807, 2.05) is 0 Å². The van der Waals surface area contributed by atoms with Crippen LogP contribution in [-0.2, 0) is 14.2 Å². The Kier molecular flexibility index (Phi) is 15.7. The van der Waals surface area contributed by atoms with Crippen LogP contribution in [0.1, 0.15) is 107 Å². The molecule has 27 heavy (non-hydrogen) atoms. The third kappa shape index (κ3) is 12.9. The molecule has 0 aliphatic rings. The third-order valence-electron chi connectivity index (χ3n) is 4.75. The van der Waals surface area contributed by atoms with Crippen molar-refractivity contribution in [3.63, 3.8) is 0 Å². The minimum Gasteiger partial charge on any atom is -0.327 e. The third-order valence-corrected chi connectivity index (χ3v) is 4.75. The lowest BCUT2D eigenvalue weighted by Gasteiger charge is -2.41. The molecular formula is C24H50O3. The maximum absolute atomic E-state index is 6.40. The van der Waals surface area contributed by atoms with E-state index in [0.29, 0.717) is 37.6 Å². The van der Waals surface area contributed by atoms with Gasteiger partial charge in [-0.25, -0.2) is 0 Å². The first-order valence-electron chi connectivity index (χ1n) is 11.7. The van der Waals surface area contributed by atoms with Crippen LogP contribution in [0, 0.1) is 23.7 Å². The van der Waals surface area contributed by atoms with E-state index in [0.717, 1.165) is 12.8 Å². The molecule has 0 aromatic heterocycles. The standard InChI is InChI=1S/C24H50O3/c1-9-11-12-13-14-15-16-23(10-2)24(25-17-20(3)4,26-18-21(5)6)27-19-22(7)8/h20-23H,9-19H2,1-8H3. The molecular weight excluding hydrogens is 336 g/mol. The van der Waals surface area contributed by atoms with E-state index in [2.05, 4.69) is 55.4 Å². The van der Waals surface area contributed by atoms with Crippen LogP contribution in [0.15, 0.2) is 0 Å². The summed E-state index contributed by atoms with van der Waals surface area (Å²) in [5, 5.41) is 0. The monoisotopic (exact) mass is 386 g/mol. The van der Waals surface area contributed by atoms with Gasteiger partial charge in [-0.1, -0.05) is 93.9 Å². The normalized spacial score (nSPS) is 13.9. The van der Waals surface area contributed by atoms with Crippen molar-refractivity contribution in [3.8, 4) is 0 Å². The fraction of sp³-hybridized carbons (Fsp3) is 1.00. The van der Waals surface area contributed by atoms with Gasteiger partial charge in [0.25, 0.3) is 5.97 Å². The first-order valence-corrected chi connectivity index (χ1v) is 11.7. The van der Waals surface area contributed by atoms with Gasteiger partial charge >= 0.3 is 0 Å². The van der Waals surface area contributed by atoms with Crippen molar-refractivity contribution in [1.82, 2.24) is 0 Å². The first kappa shape index (κ1) is 26.9. The van der Waals surface area contributed by atoms with Crippen LogP contribution in [-0.4, -0.2) is 25.8 Å². The maximum atomic E-state index is 6.40. The van der Waals surface area contributed by atoms with E-state index in [9.17, 15) is 0 Å². The summed E-state index contributed by atoms with van der Waals surface area (Å²) in [7, 11) is 0. The zero-order valence-corrected chi connectivity index (χ0v) is 19.8. The fourth-order valence-electron chi connectivity index (χ4n) is 3.13. The zero-order chi connectivity index (χ0) is 20.7. The van der Waals surface area contributed by atoms with Crippen molar-refractivity contribution in [1.29, 1.82) is 0 Å². The van der Waals surface area contributed by atoms with E-state index in [-0.39, 0.29) is 5.92 Å². The molecule has 0 N–H and O–H groups in total. The molecule has 0 aliphatic carbocycles. The Hall–Kier alpha value is -0.120. The molecule has 0 bridgehead atoms. The van der Waals surface area contributed by atoms with Gasteiger partial charge in [-0.2, -0.15) is 0 Å². The van der Waals surface area contributed by atoms with Gasteiger partial charge in [0.1, 0.15) is 0 Å². The summed E-state index contributed by atoms with van der Waals surface area (Å²) in [6.07, 6.45) is 10.00. The molecule has 1 atom stereocenters. The smallest absolute Gasteiger partial charge is 0.285 e. The molecule has 0 radical (unpaired) electrons. The Morgan fingerprint density at radius 1 is 0.593 bits per heavy atom. The van der Waals surface area contributed by atoms with Gasteiger partial charge < -0.3 is 14.2 Å². The predicted octanol–water partition coefficient (Wildman–Crippen LogP) is 7.43. The highest BCUT2D eigenvalue weighted by Crippen LogP contribution is 2.34. The van der Waals surface area contributed by atoms with E-state index >= 15 is 0 Å². The molecule has 0 aliphatic heterocycles. The second kappa shape index (κ2) is 15.8. The lowest BCUT2D eigenvalue weighted by molar-refractivity contribution is -0.412. The summed E-state index contributed by atoms with van der Waals surface area (Å²) in [5.41, 5.74) is 0. The van der Waals surface area contributed by atoms with Crippen molar-refractivity contribution in [2.24, 2.45) is 23.7 Å². The molecule has 0 saturated heterocycles. The lowest BCUT2D eigenvalue weighted by Crippen LogP contribution is -2.48. The zero-order valence-electron chi connectivity index (χ0n) is 19.8. The molecule has 164 valence electrons. The van der Waals surface area contributed by atoms with Crippen molar-refractivity contribution in [3.05, 3.63) is 0 Å². The van der Waals surface area contributed by atoms with E-state index < -0.39 is 5.97 Å². The fourth-order valence-corrected chi connectivity index (χ4v) is 3.13. The number of ether oxygens (including phenoxy) is 3. The second-order valence-electron chi connectivity index (χ2n) is 9.38. The number of hydrogen-bond donors (Lipinski definition) is 0. The van der Waals surface area contributed by atoms with Gasteiger partial charge in [-0.3, -0.25) is 0 Å². The van der Waals surface area contributed by atoms with Gasteiger partial charge in [0.05, 0.1) is 19.8 Å². The Balaban J connectivity index is 5.09. The van der Waals surface area contributed by atoms with Crippen LogP contribution in [0.25, 0.3) is 0 Å². The summed E-state index contributed by atoms with van der Waals surface area (Å²) >= 11 is 0. The highest BCUT2D eigenvalue weighted by molar-refractivity contribution is 4.73. The van der Waals surface area contributed by atoms with Crippen LogP contribution in [0.2, 0.25) is 0 Å². The average Bonchev–Trinajstić information content (AvgIpc) is 2.61. The molecule has 0 aromatic carbocycles. The molecule has 0 heterocycles. The van der Waals surface area contributed by atoms with Crippen molar-refractivity contribution >= 4 is 0 Å². The Morgan fingerprint density at radius 3 is 1.37 bits per heavy atom. The molecule has 0 spiro atoms. The summed E-state index contributed by atoms with van der Waals surface area (Å²) in [6, 6.07) is 0. The molecule has 0 rings (SSSR count). The van der Waals surface area contributed by atoms with Crippen molar-refractivity contribution < 1.29 is 14.2 Å². The van der Waals surface area contributed by atoms with Crippen LogP contribution in [0.4, 0.5) is 0 Å². The largest absolute Gasteiger partial charge is 0.327 e. The van der Waals surface area contributed by atoms with Crippen LogP contribution in [0.5, 0.6) is 0 Å². The second-order valence-corrected chi connectivity index (χ2v) is 9.38. The highest BCUT2D eigenvalue weighted by atomic mass is 16.9. The van der Waals surface area contributed by atoms with E-state index in [1.54, 1.807) is 0 Å². The van der Waals surface area contributed by atoms with Gasteiger partial charge in [0.2, 0.25) is 0 Å². The molecule has 0 fully saturated rings. The van der Waals surface area contributed by atoms with E-state index in [4.69, 9.17) is 14.2 Å². The molecule has 0 saturated carbocycles. The Morgan fingerprint density at radius 2 is 1.00 bits per heavy atom. The summed E-state index contributed by atoms with van der Waals surface area (Å²) in [4.78, 5) is 0. The van der Waals surface area contributed by atoms with Crippen LogP contribution < -0.4 is 0 Å². The Labute approximate surface area is 170 Å². The van der Waals surface area contributed by atoms with E-state index in [1.165, 1.54) is 38.5 Å². The number of rotatable bonds is 18. The molecule has 0 aromatic rings.